The molecule has 1 atom stereocenters. The van der Waals surface area contributed by atoms with E-state index in [1.54, 1.807) is 24.3 Å². The molecule has 4 rings (SSSR count). The second kappa shape index (κ2) is 11.3. The molecule has 1 fully saturated rings. The molecular formula is C24H27N3O7S3. The average molecular weight is 566 g/mol. The predicted molar refractivity (Wildman–Crippen MR) is 139 cm³/mol. The van der Waals surface area contributed by atoms with Crippen molar-refractivity contribution in [2.75, 3.05) is 20.7 Å². The molecule has 13 heteroatoms. The van der Waals surface area contributed by atoms with E-state index in [9.17, 15) is 21.6 Å². The maximum atomic E-state index is 13.1. The van der Waals surface area contributed by atoms with E-state index in [0.29, 0.717) is 29.0 Å². The third-order valence-corrected chi connectivity index (χ3v) is 10.6. The third kappa shape index (κ3) is 6.37. The van der Waals surface area contributed by atoms with Crippen LogP contribution in [0.4, 0.5) is 0 Å². The molecule has 37 heavy (non-hydrogen) atoms. The molecule has 1 aliphatic rings. The fourth-order valence-electron chi connectivity index (χ4n) is 3.49. The van der Waals surface area contributed by atoms with E-state index in [1.807, 2.05) is 0 Å². The standard InChI is InChI=1S/C24H27N3O7S3/c1-26(2)36(29,30)20-9-7-19(8-10-20)21-11-13-24(35-21)37(31,32)27-15-14-18(17-27)6-12-22(28)25-34-23-5-3-4-16-33-23/h6-15,17,23H,3-5,16H2,1-2H3,(H,25,28)/b12-6+. The molecule has 3 aromatic rings. The van der Waals surface area contributed by atoms with Gasteiger partial charge < -0.3 is 4.74 Å². The first-order valence-corrected chi connectivity index (χ1v) is 15.1. The average Bonchev–Trinajstić information content (AvgIpc) is 3.58. The van der Waals surface area contributed by atoms with Gasteiger partial charge in [-0.2, -0.15) is 8.42 Å². The van der Waals surface area contributed by atoms with E-state index < -0.39 is 32.2 Å². The zero-order valence-electron chi connectivity index (χ0n) is 20.2. The highest BCUT2D eigenvalue weighted by Crippen LogP contribution is 2.32. The van der Waals surface area contributed by atoms with Gasteiger partial charge in [0.1, 0.15) is 4.21 Å². The summed E-state index contributed by atoms with van der Waals surface area (Å²) in [4.78, 5) is 18.0. The van der Waals surface area contributed by atoms with Gasteiger partial charge in [-0.25, -0.2) is 27.0 Å². The van der Waals surface area contributed by atoms with E-state index in [4.69, 9.17) is 9.57 Å². The smallest absolute Gasteiger partial charge is 0.277 e. The highest BCUT2D eigenvalue weighted by molar-refractivity contribution is 7.92. The molecule has 1 aromatic carbocycles. The Kier molecular flexibility index (Phi) is 8.31. The normalized spacial score (nSPS) is 16.9. The molecule has 1 aliphatic heterocycles. The molecule has 0 aliphatic carbocycles. The van der Waals surface area contributed by atoms with Crippen LogP contribution in [0.3, 0.4) is 0 Å². The largest absolute Gasteiger partial charge is 0.350 e. The molecule has 1 saturated heterocycles. The first-order chi connectivity index (χ1) is 17.6. The van der Waals surface area contributed by atoms with E-state index in [-0.39, 0.29) is 9.10 Å². The Bertz CT molecular complexity index is 1480. The van der Waals surface area contributed by atoms with Crippen molar-refractivity contribution in [2.45, 2.75) is 34.7 Å². The summed E-state index contributed by atoms with van der Waals surface area (Å²) in [6.45, 7) is 0.595. The summed E-state index contributed by atoms with van der Waals surface area (Å²) in [5.41, 5.74) is 3.53. The number of aromatic nitrogens is 1. The number of nitrogens with zero attached hydrogens (tertiary/aromatic N) is 2. The van der Waals surface area contributed by atoms with Crippen LogP contribution >= 0.6 is 11.3 Å². The lowest BCUT2D eigenvalue weighted by molar-refractivity contribution is -0.198. The Hall–Kier alpha value is -2.81. The number of nitrogens with one attached hydrogen (secondary N) is 1. The lowest BCUT2D eigenvalue weighted by atomic mass is 10.2. The topological polar surface area (TPSA) is 124 Å². The number of hydroxylamine groups is 1. The number of hydrogen-bond acceptors (Lipinski definition) is 8. The van der Waals surface area contributed by atoms with Crippen LogP contribution in [0, 0.1) is 0 Å². The number of rotatable bonds is 9. The first-order valence-electron chi connectivity index (χ1n) is 11.4. The summed E-state index contributed by atoms with van der Waals surface area (Å²) in [6, 6.07) is 11.0. The van der Waals surface area contributed by atoms with E-state index in [1.165, 1.54) is 56.8 Å². The minimum atomic E-state index is -3.85. The number of sulfonamides is 1. The molecule has 198 valence electrons. The van der Waals surface area contributed by atoms with E-state index in [2.05, 4.69) is 5.48 Å². The lowest BCUT2D eigenvalue weighted by Crippen LogP contribution is -2.32. The van der Waals surface area contributed by atoms with Crippen molar-refractivity contribution in [3.8, 4) is 10.4 Å². The molecule has 2 aromatic heterocycles. The second-order valence-corrected chi connectivity index (χ2v) is 13.7. The molecule has 1 amide bonds. The molecule has 10 nitrogen and oxygen atoms in total. The van der Waals surface area contributed by atoms with Crippen LogP contribution in [0.5, 0.6) is 0 Å². The lowest BCUT2D eigenvalue weighted by Gasteiger charge is -2.21. The summed E-state index contributed by atoms with van der Waals surface area (Å²) in [7, 11) is -4.49. The zero-order valence-corrected chi connectivity index (χ0v) is 22.7. The maximum absolute atomic E-state index is 13.1. The van der Waals surface area contributed by atoms with E-state index >= 15 is 0 Å². The van der Waals surface area contributed by atoms with Crippen molar-refractivity contribution in [2.24, 2.45) is 0 Å². The number of thiophene rings is 1. The van der Waals surface area contributed by atoms with Gasteiger partial charge in [0.05, 0.1) is 4.90 Å². The highest BCUT2D eigenvalue weighted by Gasteiger charge is 2.21. The fraction of sp³-hybridized carbons (Fsp3) is 0.292. The molecule has 1 unspecified atom stereocenters. The van der Waals surface area contributed by atoms with Crippen molar-refractivity contribution < 1.29 is 31.2 Å². The second-order valence-electron chi connectivity index (χ2n) is 8.42. The van der Waals surface area contributed by atoms with Gasteiger partial charge >= 0.3 is 0 Å². The number of carbonyl (C=O) groups is 1. The van der Waals surface area contributed by atoms with Gasteiger partial charge in [0.2, 0.25) is 10.0 Å². The first kappa shape index (κ1) is 27.2. The van der Waals surface area contributed by atoms with Gasteiger partial charge in [-0.1, -0.05) is 12.1 Å². The molecule has 0 bridgehead atoms. The van der Waals surface area contributed by atoms with Gasteiger partial charge in [0, 0.05) is 50.5 Å². The van der Waals surface area contributed by atoms with Crippen molar-refractivity contribution in [3.63, 3.8) is 0 Å². The molecular weight excluding hydrogens is 538 g/mol. The van der Waals surface area contributed by atoms with Crippen molar-refractivity contribution in [1.29, 1.82) is 0 Å². The number of hydrogen-bond donors (Lipinski definition) is 1. The number of ether oxygens (including phenoxy) is 1. The van der Waals surface area contributed by atoms with Crippen LogP contribution in [0.15, 0.2) is 70.0 Å². The van der Waals surface area contributed by atoms with Gasteiger partial charge in [-0.3, -0.25) is 4.79 Å². The molecule has 1 N–H and O–H groups in total. The summed E-state index contributed by atoms with van der Waals surface area (Å²) in [5, 5.41) is 0. The quantitative estimate of drug-likeness (QED) is 0.312. The van der Waals surface area contributed by atoms with Gasteiger partial charge in [0.25, 0.3) is 15.9 Å². The molecule has 0 spiro atoms. The monoisotopic (exact) mass is 565 g/mol. The van der Waals surface area contributed by atoms with Crippen molar-refractivity contribution >= 4 is 43.4 Å². The van der Waals surface area contributed by atoms with Crippen molar-refractivity contribution in [1.82, 2.24) is 13.8 Å². The maximum Gasteiger partial charge on any atom is 0.277 e. The van der Waals surface area contributed by atoms with Gasteiger partial charge in [0.15, 0.2) is 6.29 Å². The van der Waals surface area contributed by atoms with Crippen LogP contribution in [0.2, 0.25) is 0 Å². The Labute approximate surface area is 220 Å². The Morgan fingerprint density at radius 1 is 1.11 bits per heavy atom. The van der Waals surface area contributed by atoms with E-state index in [0.717, 1.165) is 32.5 Å². The number of benzene rings is 1. The van der Waals surface area contributed by atoms with Crippen LogP contribution in [0.25, 0.3) is 16.5 Å². The minimum Gasteiger partial charge on any atom is -0.350 e. The number of carbonyl (C=O) groups excluding carboxylic acids is 1. The van der Waals surface area contributed by atoms with Crippen LogP contribution in [-0.2, 0) is 34.4 Å². The predicted octanol–water partition coefficient (Wildman–Crippen LogP) is 3.29. The summed E-state index contributed by atoms with van der Waals surface area (Å²) >= 11 is 1.08. The number of amides is 1. The summed E-state index contributed by atoms with van der Waals surface area (Å²) in [6.07, 6.45) is 7.72. The van der Waals surface area contributed by atoms with Crippen LogP contribution in [0.1, 0.15) is 24.8 Å². The van der Waals surface area contributed by atoms with Crippen LogP contribution < -0.4 is 5.48 Å². The zero-order chi connectivity index (χ0) is 26.6. The fourth-order valence-corrected chi connectivity index (χ4v) is 7.02. The Morgan fingerprint density at radius 3 is 2.54 bits per heavy atom. The van der Waals surface area contributed by atoms with Gasteiger partial charge in [-0.15, -0.1) is 11.3 Å². The Morgan fingerprint density at radius 2 is 1.86 bits per heavy atom. The third-order valence-electron chi connectivity index (χ3n) is 5.58. The summed E-state index contributed by atoms with van der Waals surface area (Å²) < 4.78 is 58.5. The SMILES string of the molecule is CN(C)S(=O)(=O)c1ccc(-c2ccc(S(=O)(=O)n3ccc(/C=C/C(=O)NOC4CCCCO4)c3)s2)cc1. The minimum absolute atomic E-state index is 0.122. The van der Waals surface area contributed by atoms with Crippen molar-refractivity contribution in [3.05, 3.63) is 66.5 Å². The highest BCUT2D eigenvalue weighted by atomic mass is 32.2. The molecule has 3 heterocycles. The summed E-state index contributed by atoms with van der Waals surface area (Å²) in [5.74, 6) is -0.489. The Balaban J connectivity index is 1.42. The van der Waals surface area contributed by atoms with Gasteiger partial charge in [-0.05, 0) is 60.4 Å². The molecule has 0 saturated carbocycles. The van der Waals surface area contributed by atoms with Crippen LogP contribution in [-0.4, -0.2) is 58.0 Å². The molecule has 0 radical (unpaired) electrons.